The van der Waals surface area contributed by atoms with Crippen molar-refractivity contribution in [1.29, 1.82) is 0 Å². The number of halogens is 1. The van der Waals surface area contributed by atoms with E-state index in [0.29, 0.717) is 0 Å². The zero-order chi connectivity index (χ0) is 16.3. The van der Waals surface area contributed by atoms with Crippen LogP contribution in [0.25, 0.3) is 0 Å². The van der Waals surface area contributed by atoms with Gasteiger partial charge in [-0.15, -0.1) is 24.0 Å². The van der Waals surface area contributed by atoms with Gasteiger partial charge in [-0.1, -0.05) is 30.3 Å². The molecule has 0 amide bonds. The van der Waals surface area contributed by atoms with Crippen molar-refractivity contribution >= 4 is 41.7 Å². The minimum Gasteiger partial charge on any atom is -0.357 e. The van der Waals surface area contributed by atoms with Crippen LogP contribution in [0.1, 0.15) is 18.9 Å². The molecule has 0 saturated carbocycles. The Labute approximate surface area is 168 Å². The fourth-order valence-electron chi connectivity index (χ4n) is 2.78. The minimum absolute atomic E-state index is 0. The maximum Gasteiger partial charge on any atom is 0.194 e. The van der Waals surface area contributed by atoms with Crippen LogP contribution in [0.15, 0.2) is 35.3 Å². The van der Waals surface area contributed by atoms with Crippen molar-refractivity contribution in [3.05, 3.63) is 35.9 Å². The highest BCUT2D eigenvalue weighted by atomic mass is 127. The Hall–Kier alpha value is -0.470. The first kappa shape index (κ1) is 21.6. The van der Waals surface area contributed by atoms with Gasteiger partial charge >= 0.3 is 0 Å². The molecular formula is C18H31IN4S. The summed E-state index contributed by atoms with van der Waals surface area (Å²) < 4.78 is 0. The molecule has 24 heavy (non-hydrogen) atoms. The first-order chi connectivity index (χ1) is 11.3. The summed E-state index contributed by atoms with van der Waals surface area (Å²) in [7, 11) is 0. The van der Waals surface area contributed by atoms with Crippen LogP contribution in [-0.4, -0.2) is 67.0 Å². The molecule has 0 aromatic heterocycles. The van der Waals surface area contributed by atoms with Gasteiger partial charge in [0.25, 0.3) is 0 Å². The van der Waals surface area contributed by atoms with E-state index in [0.717, 1.165) is 58.2 Å². The van der Waals surface area contributed by atoms with E-state index in [1.165, 1.54) is 11.3 Å². The van der Waals surface area contributed by atoms with Crippen LogP contribution in [-0.2, 0) is 6.54 Å². The number of benzene rings is 1. The molecule has 1 heterocycles. The van der Waals surface area contributed by atoms with Gasteiger partial charge in [0.1, 0.15) is 0 Å². The van der Waals surface area contributed by atoms with Crippen LogP contribution in [0.4, 0.5) is 0 Å². The van der Waals surface area contributed by atoms with E-state index in [4.69, 9.17) is 4.99 Å². The Bertz CT molecular complexity index is 461. The predicted molar refractivity (Wildman–Crippen MR) is 118 cm³/mol. The van der Waals surface area contributed by atoms with Crippen molar-refractivity contribution in [3.63, 3.8) is 0 Å². The van der Waals surface area contributed by atoms with E-state index in [-0.39, 0.29) is 24.0 Å². The smallest absolute Gasteiger partial charge is 0.194 e. The predicted octanol–water partition coefficient (Wildman–Crippen LogP) is 3.14. The quantitative estimate of drug-likeness (QED) is 0.292. The summed E-state index contributed by atoms with van der Waals surface area (Å²) >= 11 is 1.89. The van der Waals surface area contributed by atoms with Crippen LogP contribution in [0.2, 0.25) is 0 Å². The van der Waals surface area contributed by atoms with Gasteiger partial charge in [0.15, 0.2) is 5.96 Å². The molecule has 1 aliphatic heterocycles. The number of hydrogen-bond donors (Lipinski definition) is 1. The first-order valence-electron chi connectivity index (χ1n) is 8.62. The first-order valence-corrected chi connectivity index (χ1v) is 10.0. The number of nitrogens with one attached hydrogen (secondary N) is 1. The van der Waals surface area contributed by atoms with Crippen molar-refractivity contribution in [2.45, 2.75) is 19.9 Å². The molecule has 1 fully saturated rings. The number of rotatable bonds is 7. The maximum absolute atomic E-state index is 4.78. The van der Waals surface area contributed by atoms with Crippen molar-refractivity contribution < 1.29 is 0 Å². The molecular weight excluding hydrogens is 431 g/mol. The third-order valence-corrected chi connectivity index (χ3v) is 4.72. The lowest BCUT2D eigenvalue weighted by Gasteiger charge is -2.36. The molecule has 1 aliphatic rings. The third kappa shape index (κ3) is 7.61. The summed E-state index contributed by atoms with van der Waals surface area (Å²) in [4.78, 5) is 9.72. The number of hydrogen-bond acceptors (Lipinski definition) is 3. The summed E-state index contributed by atoms with van der Waals surface area (Å²) in [6.45, 7) is 9.37. The Morgan fingerprint density at radius 1 is 1.17 bits per heavy atom. The average molecular weight is 462 g/mol. The van der Waals surface area contributed by atoms with Crippen LogP contribution in [0.5, 0.6) is 0 Å². The lowest BCUT2D eigenvalue weighted by Crippen LogP contribution is -2.52. The van der Waals surface area contributed by atoms with E-state index in [1.54, 1.807) is 0 Å². The molecule has 0 bridgehead atoms. The molecule has 2 rings (SSSR count). The SMILES string of the molecule is CCNC(=NCCCSC)N1CCN(Cc2ccccc2)CC1.I. The number of thioether (sulfide) groups is 1. The third-order valence-electron chi connectivity index (χ3n) is 4.02. The van der Waals surface area contributed by atoms with Gasteiger partial charge in [-0.25, -0.2) is 0 Å². The topological polar surface area (TPSA) is 30.9 Å². The standard InChI is InChI=1S/C18H30N4S.HI/c1-3-19-18(20-10-7-15-23-2)22-13-11-21(12-14-22)16-17-8-5-4-6-9-17;/h4-6,8-9H,3,7,10-16H2,1-2H3,(H,19,20);1H. The highest BCUT2D eigenvalue weighted by Gasteiger charge is 2.19. The lowest BCUT2D eigenvalue weighted by molar-refractivity contribution is 0.172. The molecule has 1 saturated heterocycles. The van der Waals surface area contributed by atoms with Crippen molar-refractivity contribution in [1.82, 2.24) is 15.1 Å². The summed E-state index contributed by atoms with van der Waals surface area (Å²) in [6.07, 6.45) is 3.31. The summed E-state index contributed by atoms with van der Waals surface area (Å²) in [5, 5.41) is 3.44. The molecule has 136 valence electrons. The second-order valence-corrected chi connectivity index (χ2v) is 6.82. The van der Waals surface area contributed by atoms with Crippen LogP contribution < -0.4 is 5.32 Å². The molecule has 0 atom stereocenters. The molecule has 1 aromatic rings. The van der Waals surface area contributed by atoms with E-state index < -0.39 is 0 Å². The Morgan fingerprint density at radius 3 is 2.50 bits per heavy atom. The van der Waals surface area contributed by atoms with Gasteiger partial charge < -0.3 is 10.2 Å². The minimum atomic E-state index is 0. The zero-order valence-electron chi connectivity index (χ0n) is 14.9. The molecule has 1 aromatic carbocycles. The lowest BCUT2D eigenvalue weighted by atomic mass is 10.2. The number of piperazine rings is 1. The van der Waals surface area contributed by atoms with Gasteiger partial charge in [-0.3, -0.25) is 9.89 Å². The molecule has 0 radical (unpaired) electrons. The molecule has 0 unspecified atom stereocenters. The van der Waals surface area contributed by atoms with Crippen molar-refractivity contribution in [3.8, 4) is 0 Å². The van der Waals surface area contributed by atoms with E-state index in [9.17, 15) is 0 Å². The normalized spacial score (nSPS) is 15.9. The van der Waals surface area contributed by atoms with E-state index >= 15 is 0 Å². The summed E-state index contributed by atoms with van der Waals surface area (Å²) in [5.41, 5.74) is 1.40. The van der Waals surface area contributed by atoms with Crippen molar-refractivity contribution in [2.24, 2.45) is 4.99 Å². The highest BCUT2D eigenvalue weighted by Crippen LogP contribution is 2.08. The zero-order valence-corrected chi connectivity index (χ0v) is 18.1. The maximum atomic E-state index is 4.78. The molecule has 6 heteroatoms. The number of aliphatic imine (C=N–C) groups is 1. The average Bonchev–Trinajstić information content (AvgIpc) is 2.59. The Morgan fingerprint density at radius 2 is 1.88 bits per heavy atom. The molecule has 0 spiro atoms. The Balaban J connectivity index is 0.00000288. The fourth-order valence-corrected chi connectivity index (χ4v) is 3.20. The van der Waals surface area contributed by atoms with E-state index in [1.807, 2.05) is 11.8 Å². The monoisotopic (exact) mass is 462 g/mol. The summed E-state index contributed by atoms with van der Waals surface area (Å²) in [5.74, 6) is 2.28. The summed E-state index contributed by atoms with van der Waals surface area (Å²) in [6, 6.07) is 10.7. The van der Waals surface area contributed by atoms with Gasteiger partial charge in [-0.2, -0.15) is 11.8 Å². The van der Waals surface area contributed by atoms with Gasteiger partial charge in [0.05, 0.1) is 0 Å². The number of nitrogens with zero attached hydrogens (tertiary/aromatic N) is 3. The second kappa shape index (κ2) is 12.8. The van der Waals surface area contributed by atoms with Crippen LogP contribution in [0, 0.1) is 0 Å². The second-order valence-electron chi connectivity index (χ2n) is 5.83. The van der Waals surface area contributed by atoms with Gasteiger partial charge in [-0.05, 0) is 30.9 Å². The van der Waals surface area contributed by atoms with Crippen LogP contribution >= 0.6 is 35.7 Å². The largest absolute Gasteiger partial charge is 0.357 e. The molecule has 0 aliphatic carbocycles. The van der Waals surface area contributed by atoms with Crippen molar-refractivity contribution in [2.75, 3.05) is 51.3 Å². The van der Waals surface area contributed by atoms with Gasteiger partial charge in [0, 0.05) is 45.8 Å². The number of guanidine groups is 1. The van der Waals surface area contributed by atoms with E-state index in [2.05, 4.69) is 58.6 Å². The highest BCUT2D eigenvalue weighted by molar-refractivity contribution is 14.0. The van der Waals surface area contributed by atoms with Crippen LogP contribution in [0.3, 0.4) is 0 Å². The Kier molecular flexibility index (Phi) is 11.5. The van der Waals surface area contributed by atoms with Gasteiger partial charge in [0.2, 0.25) is 0 Å². The fraction of sp³-hybridized carbons (Fsp3) is 0.611. The molecule has 1 N–H and O–H groups in total. The molecule has 4 nitrogen and oxygen atoms in total.